The Hall–Kier alpha value is -2.27. The first-order chi connectivity index (χ1) is 10.8. The number of thiazole rings is 1. The summed E-state index contributed by atoms with van der Waals surface area (Å²) in [7, 11) is 0. The lowest BCUT2D eigenvalue weighted by Crippen LogP contribution is -2.46. The predicted octanol–water partition coefficient (Wildman–Crippen LogP) is 2.02. The molecule has 0 atom stereocenters. The van der Waals surface area contributed by atoms with Crippen LogP contribution in [0.2, 0.25) is 0 Å². The van der Waals surface area contributed by atoms with E-state index in [0.717, 1.165) is 35.5 Å². The van der Waals surface area contributed by atoms with Crippen molar-refractivity contribution in [2.45, 2.75) is 25.8 Å². The molecular formula is C17H15N2O2S+. The Morgan fingerprint density at radius 3 is 2.86 bits per heavy atom. The lowest BCUT2D eigenvalue weighted by molar-refractivity contribution is -0.666. The smallest absolute Gasteiger partial charge is 0.290 e. The van der Waals surface area contributed by atoms with Crippen LogP contribution >= 0.6 is 11.3 Å². The highest BCUT2D eigenvalue weighted by atomic mass is 32.1. The number of hydrogen-bond acceptors (Lipinski definition) is 3. The van der Waals surface area contributed by atoms with Gasteiger partial charge in [-0.05, 0) is 12.8 Å². The Morgan fingerprint density at radius 2 is 2.05 bits per heavy atom. The van der Waals surface area contributed by atoms with Gasteiger partial charge in [-0.15, -0.1) is 0 Å². The molecule has 0 amide bonds. The van der Waals surface area contributed by atoms with Crippen molar-refractivity contribution in [2.75, 3.05) is 0 Å². The van der Waals surface area contributed by atoms with E-state index < -0.39 is 0 Å². The first kappa shape index (κ1) is 13.4. The van der Waals surface area contributed by atoms with Crippen LogP contribution in [0.15, 0.2) is 46.7 Å². The first-order valence-electron chi connectivity index (χ1n) is 7.37. The van der Waals surface area contributed by atoms with Gasteiger partial charge < -0.3 is 0 Å². The number of carbonyl (C=O) groups is 1. The van der Waals surface area contributed by atoms with Gasteiger partial charge in [0.1, 0.15) is 11.9 Å². The second-order valence-electron chi connectivity index (χ2n) is 5.51. The van der Waals surface area contributed by atoms with E-state index in [4.69, 9.17) is 0 Å². The molecule has 0 fully saturated rings. The van der Waals surface area contributed by atoms with Crippen molar-refractivity contribution < 1.29 is 9.36 Å². The minimum absolute atomic E-state index is 0.0761. The largest absolute Gasteiger partial charge is 0.349 e. The van der Waals surface area contributed by atoms with E-state index in [2.05, 4.69) is 0 Å². The number of nitrogens with zero attached hydrogens (tertiary/aromatic N) is 2. The van der Waals surface area contributed by atoms with Gasteiger partial charge in [0.05, 0.1) is 5.56 Å². The Bertz CT molecular complexity index is 925. The van der Waals surface area contributed by atoms with Crippen LogP contribution in [-0.2, 0) is 19.4 Å². The van der Waals surface area contributed by atoms with Crippen molar-refractivity contribution in [3.63, 3.8) is 0 Å². The van der Waals surface area contributed by atoms with E-state index in [1.165, 1.54) is 11.3 Å². The average Bonchev–Trinajstić information content (AvgIpc) is 3.21. The fourth-order valence-corrected chi connectivity index (χ4v) is 4.02. The molecule has 0 aliphatic heterocycles. The van der Waals surface area contributed by atoms with Gasteiger partial charge in [0.15, 0.2) is 6.54 Å². The van der Waals surface area contributed by atoms with E-state index >= 15 is 0 Å². The number of Topliss-reactive ketones (excluding diaryl/α,β-unsaturated/α-hetero) is 1. The Balaban J connectivity index is 1.85. The minimum Gasteiger partial charge on any atom is -0.290 e. The Kier molecular flexibility index (Phi) is 3.15. The van der Waals surface area contributed by atoms with Gasteiger partial charge in [0, 0.05) is 17.4 Å². The molecule has 0 spiro atoms. The lowest BCUT2D eigenvalue weighted by Gasteiger charge is -2.06. The summed E-state index contributed by atoms with van der Waals surface area (Å²) in [5.74, 6) is 0.0775. The minimum atomic E-state index is 0.0761. The number of carbonyl (C=O) groups excluding carboxylic acids is 1. The second kappa shape index (κ2) is 5.18. The van der Waals surface area contributed by atoms with Crippen molar-refractivity contribution in [3.05, 3.63) is 69.1 Å². The molecule has 1 aliphatic rings. The van der Waals surface area contributed by atoms with Crippen LogP contribution in [0.4, 0.5) is 0 Å². The van der Waals surface area contributed by atoms with Crippen LogP contribution in [-0.4, -0.2) is 10.2 Å². The fraction of sp³-hybridized carbons (Fsp3) is 0.235. The molecule has 2 aromatic heterocycles. The summed E-state index contributed by atoms with van der Waals surface area (Å²) in [4.78, 5) is 25.9. The van der Waals surface area contributed by atoms with Crippen molar-refractivity contribution in [1.29, 1.82) is 0 Å². The molecule has 3 aromatic rings. The summed E-state index contributed by atoms with van der Waals surface area (Å²) in [6, 6.07) is 9.33. The first-order valence-corrected chi connectivity index (χ1v) is 8.25. The highest BCUT2D eigenvalue weighted by Crippen LogP contribution is 2.18. The Labute approximate surface area is 131 Å². The van der Waals surface area contributed by atoms with Gasteiger partial charge >= 0.3 is 10.5 Å². The summed E-state index contributed by atoms with van der Waals surface area (Å²) in [6.07, 6.45) is 4.47. The summed E-state index contributed by atoms with van der Waals surface area (Å²) < 4.78 is 3.71. The lowest BCUT2D eigenvalue weighted by atomic mass is 10.1. The van der Waals surface area contributed by atoms with Gasteiger partial charge in [-0.2, -0.15) is 4.40 Å². The third-order valence-corrected chi connectivity index (χ3v) is 5.10. The molecule has 5 heteroatoms. The van der Waals surface area contributed by atoms with Gasteiger partial charge in [0.2, 0.25) is 5.78 Å². The number of aromatic nitrogens is 2. The molecule has 0 bridgehead atoms. The third-order valence-electron chi connectivity index (χ3n) is 4.21. The topological polar surface area (TPSA) is 42.4 Å². The quantitative estimate of drug-likeness (QED) is 0.548. The number of rotatable bonds is 3. The fourth-order valence-electron chi connectivity index (χ4n) is 3.16. The normalized spacial score (nSPS) is 13.5. The molecule has 4 rings (SSSR count). The highest BCUT2D eigenvalue weighted by molar-refractivity contribution is 7.14. The molecule has 0 saturated carbocycles. The van der Waals surface area contributed by atoms with E-state index in [-0.39, 0.29) is 17.9 Å². The van der Waals surface area contributed by atoms with Gasteiger partial charge in [0.25, 0.3) is 0 Å². The van der Waals surface area contributed by atoms with Gasteiger partial charge in [-0.3, -0.25) is 4.79 Å². The molecule has 0 N–H and O–H groups in total. The molecule has 0 unspecified atom stereocenters. The van der Waals surface area contributed by atoms with Crippen LogP contribution in [0.1, 0.15) is 28.0 Å². The van der Waals surface area contributed by atoms with Crippen molar-refractivity contribution in [1.82, 2.24) is 4.40 Å². The van der Waals surface area contributed by atoms with Crippen molar-refractivity contribution >= 4 is 22.1 Å². The van der Waals surface area contributed by atoms with Gasteiger partial charge in [-0.25, -0.2) is 9.36 Å². The van der Waals surface area contributed by atoms with Gasteiger partial charge in [-0.1, -0.05) is 41.7 Å². The summed E-state index contributed by atoms with van der Waals surface area (Å²) in [5.41, 5.74) is 2.70. The maximum absolute atomic E-state index is 12.6. The van der Waals surface area contributed by atoms with E-state index in [0.29, 0.717) is 5.56 Å². The number of ketones is 1. The van der Waals surface area contributed by atoms with Crippen LogP contribution in [0.5, 0.6) is 0 Å². The molecule has 110 valence electrons. The highest BCUT2D eigenvalue weighted by Gasteiger charge is 2.29. The number of benzene rings is 1. The van der Waals surface area contributed by atoms with E-state index in [1.54, 1.807) is 10.6 Å². The number of fused-ring (bicyclic) bond motifs is 2. The van der Waals surface area contributed by atoms with Crippen LogP contribution in [0, 0.1) is 0 Å². The zero-order valence-electron chi connectivity index (χ0n) is 12.0. The van der Waals surface area contributed by atoms with Crippen LogP contribution < -0.4 is 10.1 Å². The van der Waals surface area contributed by atoms with Crippen molar-refractivity contribution in [2.24, 2.45) is 0 Å². The predicted molar refractivity (Wildman–Crippen MR) is 84.5 cm³/mol. The zero-order chi connectivity index (χ0) is 15.1. The molecule has 0 saturated heterocycles. The molecule has 4 nitrogen and oxygen atoms in total. The maximum atomic E-state index is 12.6. The van der Waals surface area contributed by atoms with Crippen LogP contribution in [0.3, 0.4) is 0 Å². The maximum Gasteiger partial charge on any atom is 0.349 e. The third kappa shape index (κ3) is 2.01. The molecule has 1 aromatic carbocycles. The standard InChI is InChI=1S/C17H15N2O2S/c20-15(12-5-2-1-3-6-12)11-19-14-8-4-7-13(14)16(21)18-9-10-22-17(18)19/h1-3,5-6,9-10H,4,7-8,11H2/q+1. The van der Waals surface area contributed by atoms with Crippen LogP contribution in [0.25, 0.3) is 4.96 Å². The number of hydrogen-bond donors (Lipinski definition) is 0. The molecule has 1 aliphatic carbocycles. The summed E-state index contributed by atoms with van der Waals surface area (Å²) in [6.45, 7) is 0.288. The monoisotopic (exact) mass is 311 g/mol. The summed E-state index contributed by atoms with van der Waals surface area (Å²) >= 11 is 1.51. The molecule has 22 heavy (non-hydrogen) atoms. The molecular weight excluding hydrogens is 296 g/mol. The molecule has 0 radical (unpaired) electrons. The summed E-state index contributed by atoms with van der Waals surface area (Å²) in [5, 5.41) is 1.90. The van der Waals surface area contributed by atoms with E-state index in [9.17, 15) is 9.59 Å². The zero-order valence-corrected chi connectivity index (χ0v) is 12.8. The van der Waals surface area contributed by atoms with Crippen molar-refractivity contribution in [3.8, 4) is 0 Å². The molecule has 2 heterocycles. The SMILES string of the molecule is O=C(C[n+]1c2c(c(=O)n3ccsc31)CCC2)c1ccccc1. The Morgan fingerprint density at radius 1 is 1.23 bits per heavy atom. The average molecular weight is 311 g/mol. The van der Waals surface area contributed by atoms with E-state index in [1.807, 2.05) is 40.3 Å². The second-order valence-corrected chi connectivity index (χ2v) is 6.39.